The highest BCUT2D eigenvalue weighted by Crippen LogP contribution is 2.47. The Morgan fingerprint density at radius 1 is 1.29 bits per heavy atom. The summed E-state index contributed by atoms with van der Waals surface area (Å²) < 4.78 is 0.823. The van der Waals surface area contributed by atoms with Crippen molar-refractivity contribution in [1.29, 1.82) is 5.26 Å². The lowest BCUT2D eigenvalue weighted by Gasteiger charge is -2.39. The van der Waals surface area contributed by atoms with Crippen LogP contribution in [0.5, 0.6) is 0 Å². The molecule has 1 heterocycles. The van der Waals surface area contributed by atoms with Gasteiger partial charge in [-0.05, 0) is 43.2 Å². The molecule has 1 saturated carbocycles. The molecule has 0 unspecified atom stereocenters. The fourth-order valence-corrected chi connectivity index (χ4v) is 3.75. The third-order valence-corrected chi connectivity index (χ3v) is 5.17. The van der Waals surface area contributed by atoms with Gasteiger partial charge in [-0.3, -0.25) is 0 Å². The molecule has 0 spiro atoms. The van der Waals surface area contributed by atoms with Gasteiger partial charge in [-0.15, -0.1) is 11.3 Å². The maximum atomic E-state index is 9.50. The molecular weight excluding hydrogens is 250 g/mol. The first kappa shape index (κ1) is 12.9. The average Bonchev–Trinajstić information content (AvgIpc) is 2.68. The van der Waals surface area contributed by atoms with Gasteiger partial charge in [-0.25, -0.2) is 0 Å². The number of nitriles is 1. The summed E-state index contributed by atoms with van der Waals surface area (Å²) in [6.07, 6.45) is 5.22. The summed E-state index contributed by atoms with van der Waals surface area (Å²) in [7, 11) is 0. The first-order valence-corrected chi connectivity index (χ1v) is 7.30. The van der Waals surface area contributed by atoms with Gasteiger partial charge in [-0.2, -0.15) is 5.26 Å². The third-order valence-electron chi connectivity index (χ3n) is 3.94. The van der Waals surface area contributed by atoms with Gasteiger partial charge in [0.25, 0.3) is 0 Å². The fourth-order valence-electron chi connectivity index (χ4n) is 2.51. The van der Waals surface area contributed by atoms with Crippen LogP contribution in [0.2, 0.25) is 4.34 Å². The summed E-state index contributed by atoms with van der Waals surface area (Å²) in [5, 5.41) is 9.50. The van der Waals surface area contributed by atoms with Crippen LogP contribution >= 0.6 is 22.9 Å². The van der Waals surface area contributed by atoms with Crippen LogP contribution in [0.15, 0.2) is 12.1 Å². The van der Waals surface area contributed by atoms with Crippen molar-refractivity contribution in [2.24, 2.45) is 10.8 Å². The first-order valence-electron chi connectivity index (χ1n) is 6.10. The second-order valence-electron chi connectivity index (χ2n) is 5.94. The summed E-state index contributed by atoms with van der Waals surface area (Å²) in [5.74, 6) is 0. The SMILES string of the molecule is CC1(C)CCC(C#N)(Cc2ccc(Cl)s2)CC1. The van der Waals surface area contributed by atoms with Gasteiger partial charge >= 0.3 is 0 Å². The number of thiophene rings is 1. The molecule has 17 heavy (non-hydrogen) atoms. The van der Waals surface area contributed by atoms with Gasteiger partial charge in [0.15, 0.2) is 0 Å². The molecule has 1 aliphatic carbocycles. The number of hydrogen-bond donors (Lipinski definition) is 0. The van der Waals surface area contributed by atoms with Crippen LogP contribution in [0, 0.1) is 22.2 Å². The molecule has 92 valence electrons. The zero-order valence-corrected chi connectivity index (χ0v) is 12.0. The van der Waals surface area contributed by atoms with E-state index in [0.29, 0.717) is 5.41 Å². The van der Waals surface area contributed by atoms with E-state index in [9.17, 15) is 5.26 Å². The number of nitrogens with zero attached hydrogens (tertiary/aromatic N) is 1. The minimum Gasteiger partial charge on any atom is -0.198 e. The molecule has 0 amide bonds. The largest absolute Gasteiger partial charge is 0.198 e. The van der Waals surface area contributed by atoms with E-state index in [2.05, 4.69) is 26.0 Å². The second-order valence-corrected chi connectivity index (χ2v) is 7.74. The Labute approximate surface area is 112 Å². The Bertz CT molecular complexity index is 431. The Morgan fingerprint density at radius 3 is 2.41 bits per heavy atom. The predicted molar refractivity (Wildman–Crippen MR) is 73.3 cm³/mol. The highest BCUT2D eigenvalue weighted by Gasteiger charge is 2.38. The van der Waals surface area contributed by atoms with Crippen LogP contribution in [-0.4, -0.2) is 0 Å². The lowest BCUT2D eigenvalue weighted by atomic mass is 9.64. The molecule has 0 bridgehead atoms. The molecule has 0 aliphatic heterocycles. The number of rotatable bonds is 2. The summed E-state index contributed by atoms with van der Waals surface area (Å²) >= 11 is 7.56. The molecule has 0 saturated heterocycles. The highest BCUT2D eigenvalue weighted by molar-refractivity contribution is 7.16. The molecule has 2 rings (SSSR count). The topological polar surface area (TPSA) is 23.8 Å². The maximum absolute atomic E-state index is 9.50. The van der Waals surface area contributed by atoms with Crippen molar-refractivity contribution in [3.63, 3.8) is 0 Å². The smallest absolute Gasteiger partial charge is 0.0931 e. The highest BCUT2D eigenvalue weighted by atomic mass is 35.5. The van der Waals surface area contributed by atoms with Gasteiger partial charge in [0.05, 0.1) is 15.8 Å². The van der Waals surface area contributed by atoms with Crippen LogP contribution in [0.4, 0.5) is 0 Å². The standard InChI is InChI=1S/C14H18ClNS/c1-13(2)5-7-14(10-16,8-6-13)9-11-3-4-12(15)17-11/h3-4H,5-9H2,1-2H3. The molecule has 1 nitrogen and oxygen atoms in total. The number of halogens is 1. The Morgan fingerprint density at radius 2 is 1.94 bits per heavy atom. The van der Waals surface area contributed by atoms with E-state index in [0.717, 1.165) is 36.4 Å². The quantitative estimate of drug-likeness (QED) is 0.735. The van der Waals surface area contributed by atoms with E-state index >= 15 is 0 Å². The van der Waals surface area contributed by atoms with Crippen molar-refractivity contribution in [2.45, 2.75) is 46.0 Å². The van der Waals surface area contributed by atoms with Crippen molar-refractivity contribution in [1.82, 2.24) is 0 Å². The molecule has 0 radical (unpaired) electrons. The summed E-state index contributed by atoms with van der Waals surface area (Å²) in [6, 6.07) is 6.57. The molecule has 1 aromatic rings. The molecule has 1 aromatic heterocycles. The monoisotopic (exact) mass is 267 g/mol. The van der Waals surface area contributed by atoms with Crippen molar-refractivity contribution < 1.29 is 0 Å². The fraction of sp³-hybridized carbons (Fsp3) is 0.643. The Hall–Kier alpha value is -0.520. The van der Waals surface area contributed by atoms with Gasteiger partial charge in [0.2, 0.25) is 0 Å². The van der Waals surface area contributed by atoms with E-state index < -0.39 is 0 Å². The number of hydrogen-bond acceptors (Lipinski definition) is 2. The molecule has 0 atom stereocenters. The Balaban J connectivity index is 2.09. The van der Waals surface area contributed by atoms with Gasteiger partial charge in [0.1, 0.15) is 0 Å². The van der Waals surface area contributed by atoms with Crippen LogP contribution < -0.4 is 0 Å². The van der Waals surface area contributed by atoms with Gasteiger partial charge < -0.3 is 0 Å². The van der Waals surface area contributed by atoms with E-state index in [-0.39, 0.29) is 5.41 Å². The van der Waals surface area contributed by atoms with Crippen molar-refractivity contribution in [2.75, 3.05) is 0 Å². The normalized spacial score (nSPS) is 22.0. The minimum absolute atomic E-state index is 0.149. The molecule has 3 heteroatoms. The van der Waals surface area contributed by atoms with Crippen molar-refractivity contribution >= 4 is 22.9 Å². The summed E-state index contributed by atoms with van der Waals surface area (Å²) in [6.45, 7) is 4.60. The van der Waals surface area contributed by atoms with Crippen molar-refractivity contribution in [3.8, 4) is 6.07 Å². The predicted octanol–water partition coefficient (Wildman–Crippen LogP) is 5.05. The van der Waals surface area contributed by atoms with E-state index in [4.69, 9.17) is 11.6 Å². The van der Waals surface area contributed by atoms with Crippen LogP contribution in [0.1, 0.15) is 44.4 Å². The maximum Gasteiger partial charge on any atom is 0.0931 e. The van der Waals surface area contributed by atoms with Crippen LogP contribution in [0.25, 0.3) is 0 Å². The van der Waals surface area contributed by atoms with Gasteiger partial charge in [-0.1, -0.05) is 25.4 Å². The third kappa shape index (κ3) is 3.03. The first-order chi connectivity index (χ1) is 7.95. The van der Waals surface area contributed by atoms with Crippen LogP contribution in [0.3, 0.4) is 0 Å². The zero-order valence-electron chi connectivity index (χ0n) is 10.4. The second kappa shape index (κ2) is 4.63. The van der Waals surface area contributed by atoms with E-state index in [1.165, 1.54) is 4.88 Å². The molecule has 0 N–H and O–H groups in total. The molecule has 0 aromatic carbocycles. The molecule has 1 fully saturated rings. The lowest BCUT2D eigenvalue weighted by Crippen LogP contribution is -2.31. The van der Waals surface area contributed by atoms with E-state index in [1.54, 1.807) is 11.3 Å². The average molecular weight is 268 g/mol. The van der Waals surface area contributed by atoms with Crippen molar-refractivity contribution in [3.05, 3.63) is 21.3 Å². The Kier molecular flexibility index (Phi) is 3.52. The summed E-state index contributed by atoms with van der Waals surface area (Å²) in [4.78, 5) is 1.25. The molecular formula is C14H18ClNS. The van der Waals surface area contributed by atoms with Gasteiger partial charge in [0, 0.05) is 11.3 Å². The van der Waals surface area contributed by atoms with Crippen LogP contribution in [-0.2, 0) is 6.42 Å². The summed E-state index contributed by atoms with van der Waals surface area (Å²) in [5.41, 5.74) is 0.261. The van der Waals surface area contributed by atoms with E-state index in [1.807, 2.05) is 6.07 Å². The minimum atomic E-state index is -0.149. The lowest BCUT2D eigenvalue weighted by molar-refractivity contribution is 0.146. The molecule has 1 aliphatic rings. The zero-order chi connectivity index (χ0) is 12.5.